The summed E-state index contributed by atoms with van der Waals surface area (Å²) in [7, 11) is 0. The summed E-state index contributed by atoms with van der Waals surface area (Å²) < 4.78 is 54.0. The minimum atomic E-state index is -5.00. The Bertz CT molecular complexity index is 1250. The minimum Gasteiger partial charge on any atom is -0.405 e. The zero-order valence-electron chi connectivity index (χ0n) is 16.0. The largest absolute Gasteiger partial charge is 0.573 e. The number of rotatable bonds is 5. The molecule has 0 unspecified atom stereocenters. The first kappa shape index (κ1) is 22.0. The van der Waals surface area contributed by atoms with Crippen molar-refractivity contribution in [2.24, 2.45) is 0 Å². The van der Waals surface area contributed by atoms with Crippen LogP contribution in [0.2, 0.25) is 0 Å². The molecule has 0 bridgehead atoms. The van der Waals surface area contributed by atoms with Crippen LogP contribution in [0.1, 0.15) is 11.9 Å². The molecule has 1 saturated heterocycles. The summed E-state index contributed by atoms with van der Waals surface area (Å²) in [4.78, 5) is 25.3. The third kappa shape index (κ3) is 3.88. The molecule has 1 fully saturated rings. The number of hydrogen-bond acceptors (Lipinski definition) is 9. The van der Waals surface area contributed by atoms with E-state index in [0.29, 0.717) is 4.57 Å². The van der Waals surface area contributed by atoms with E-state index in [2.05, 4.69) is 9.89 Å². The Morgan fingerprint density at radius 3 is 2.56 bits per heavy atom. The molecule has 14 heteroatoms. The summed E-state index contributed by atoms with van der Waals surface area (Å²) in [6, 6.07) is 4.58. The predicted molar refractivity (Wildman–Crippen MR) is 97.8 cm³/mol. The van der Waals surface area contributed by atoms with Crippen molar-refractivity contribution in [1.29, 1.82) is 0 Å². The van der Waals surface area contributed by atoms with Gasteiger partial charge in [0, 0.05) is 12.3 Å². The molecular formula is C18H16F3N3O8. The molecular weight excluding hydrogens is 443 g/mol. The lowest BCUT2D eigenvalue weighted by molar-refractivity contribution is -0.274. The monoisotopic (exact) mass is 459 g/mol. The van der Waals surface area contributed by atoms with Crippen LogP contribution in [0.15, 0.2) is 44.6 Å². The molecule has 0 spiro atoms. The zero-order valence-corrected chi connectivity index (χ0v) is 16.0. The lowest BCUT2D eigenvalue weighted by atomic mass is 10.1. The summed E-state index contributed by atoms with van der Waals surface area (Å²) >= 11 is 0. The van der Waals surface area contributed by atoms with Gasteiger partial charge in [0.25, 0.3) is 5.56 Å². The first-order valence-corrected chi connectivity index (χ1v) is 9.18. The number of benzene rings is 1. The second kappa shape index (κ2) is 8.05. The van der Waals surface area contributed by atoms with Gasteiger partial charge in [-0.15, -0.1) is 13.2 Å². The number of aliphatic hydroxyl groups excluding tert-OH is 3. The molecule has 172 valence electrons. The van der Waals surface area contributed by atoms with Gasteiger partial charge >= 0.3 is 12.1 Å². The van der Waals surface area contributed by atoms with E-state index >= 15 is 0 Å². The molecule has 1 aliphatic heterocycles. The van der Waals surface area contributed by atoms with Gasteiger partial charge in [0.1, 0.15) is 29.8 Å². The molecule has 1 aliphatic rings. The molecule has 3 aromatic rings. The number of nitrogens with zero attached hydrogens (tertiary/aromatic N) is 3. The molecule has 0 amide bonds. The first-order valence-electron chi connectivity index (χ1n) is 9.18. The van der Waals surface area contributed by atoms with E-state index in [9.17, 15) is 38.1 Å². The van der Waals surface area contributed by atoms with Crippen LogP contribution in [0.4, 0.5) is 13.2 Å². The molecule has 3 heterocycles. The highest BCUT2D eigenvalue weighted by Gasteiger charge is 2.44. The van der Waals surface area contributed by atoms with Crippen molar-refractivity contribution < 1.29 is 42.5 Å². The highest BCUT2D eigenvalue weighted by Crippen LogP contribution is 2.33. The molecule has 0 aliphatic carbocycles. The molecule has 4 atom stereocenters. The van der Waals surface area contributed by atoms with Gasteiger partial charge in [0.2, 0.25) is 0 Å². The van der Waals surface area contributed by atoms with Gasteiger partial charge in [0.15, 0.2) is 11.8 Å². The van der Waals surface area contributed by atoms with E-state index in [1.54, 1.807) is 0 Å². The van der Waals surface area contributed by atoms with E-state index in [1.165, 1.54) is 12.1 Å². The maximum atomic E-state index is 12.9. The highest BCUT2D eigenvalue weighted by molar-refractivity contribution is 5.86. The fraction of sp³-hybridized carbons (Fsp3) is 0.389. The number of hydrogen-bond donors (Lipinski definition) is 3. The third-order valence-corrected chi connectivity index (χ3v) is 4.95. The molecule has 3 N–H and O–H groups in total. The molecule has 0 saturated carbocycles. The first-order chi connectivity index (χ1) is 15.1. The van der Waals surface area contributed by atoms with Crippen molar-refractivity contribution in [2.45, 2.75) is 37.4 Å². The Balaban J connectivity index is 1.75. The Morgan fingerprint density at radius 2 is 1.91 bits per heavy atom. The Morgan fingerprint density at radius 1 is 1.16 bits per heavy atom. The summed E-state index contributed by atoms with van der Waals surface area (Å²) in [6.45, 7) is -1.21. The van der Waals surface area contributed by atoms with E-state index in [-0.39, 0.29) is 16.7 Å². The van der Waals surface area contributed by atoms with Crippen molar-refractivity contribution in [2.75, 3.05) is 6.61 Å². The smallest absolute Gasteiger partial charge is 0.405 e. The average molecular weight is 459 g/mol. The third-order valence-electron chi connectivity index (χ3n) is 4.95. The lowest BCUT2D eigenvalue weighted by Gasteiger charge is -2.18. The topological polar surface area (TPSA) is 149 Å². The number of aliphatic hydroxyl groups is 3. The van der Waals surface area contributed by atoms with Crippen molar-refractivity contribution in [3.8, 4) is 5.75 Å². The zero-order chi connectivity index (χ0) is 23.2. The van der Waals surface area contributed by atoms with E-state index < -0.39 is 61.1 Å². The quantitative estimate of drug-likeness (QED) is 0.468. The maximum absolute atomic E-state index is 12.9. The molecule has 11 nitrogen and oxygen atoms in total. The standard InChI is InChI=1S/C18H16F3N3O8/c19-18(20,21)31-9-2-1-3-10-13(9)8(22-32-10)6-24-12(26)4-5-23(17(24)29)16-15(28)14(27)11(7-25)30-16/h1-5,11,14-16,25,27-28H,6-7H2/t11-,14+,15+,16-/m1/s1. The fourth-order valence-electron chi connectivity index (χ4n) is 3.47. The Hall–Kier alpha value is -3.20. The summed E-state index contributed by atoms with van der Waals surface area (Å²) in [5.41, 5.74) is -2.06. The van der Waals surface area contributed by atoms with Crippen molar-refractivity contribution in [3.05, 3.63) is 57.0 Å². The van der Waals surface area contributed by atoms with Crippen LogP contribution in [0.25, 0.3) is 11.0 Å². The summed E-state index contributed by atoms with van der Waals surface area (Å²) in [5, 5.41) is 32.8. The summed E-state index contributed by atoms with van der Waals surface area (Å²) in [5.74, 6) is -0.626. The number of halogens is 3. The number of alkyl halides is 3. The van der Waals surface area contributed by atoms with Gasteiger partial charge in [-0.1, -0.05) is 11.2 Å². The number of aromatic nitrogens is 3. The van der Waals surface area contributed by atoms with Gasteiger partial charge in [-0.3, -0.25) is 13.9 Å². The van der Waals surface area contributed by atoms with Crippen LogP contribution in [-0.2, 0) is 11.3 Å². The number of ether oxygens (including phenoxy) is 2. The van der Waals surface area contributed by atoms with Crippen LogP contribution in [0.3, 0.4) is 0 Å². The van der Waals surface area contributed by atoms with Crippen LogP contribution in [0, 0.1) is 0 Å². The van der Waals surface area contributed by atoms with Crippen molar-refractivity contribution in [3.63, 3.8) is 0 Å². The lowest BCUT2D eigenvalue weighted by Crippen LogP contribution is -2.43. The van der Waals surface area contributed by atoms with Crippen LogP contribution in [-0.4, -0.2) is 60.9 Å². The summed E-state index contributed by atoms with van der Waals surface area (Å²) in [6.07, 6.45) is -9.63. The minimum absolute atomic E-state index is 0.0606. The molecule has 32 heavy (non-hydrogen) atoms. The molecule has 0 radical (unpaired) electrons. The normalized spacial score (nSPS) is 23.7. The van der Waals surface area contributed by atoms with Crippen molar-refractivity contribution >= 4 is 11.0 Å². The van der Waals surface area contributed by atoms with Crippen molar-refractivity contribution in [1.82, 2.24) is 14.3 Å². The van der Waals surface area contributed by atoms with E-state index in [4.69, 9.17) is 9.26 Å². The Kier molecular flexibility index (Phi) is 5.54. The van der Waals surface area contributed by atoms with Gasteiger partial charge < -0.3 is 29.3 Å². The van der Waals surface area contributed by atoms with Gasteiger partial charge in [-0.25, -0.2) is 4.79 Å². The SMILES string of the molecule is O=c1ccn([C@@H]2O[C@H](CO)[C@H](O)[C@@H]2O)c(=O)n1Cc1noc2cccc(OC(F)(F)F)c12. The molecule has 1 aromatic carbocycles. The Labute approximate surface area is 175 Å². The van der Waals surface area contributed by atoms with E-state index in [1.807, 2.05) is 0 Å². The van der Waals surface area contributed by atoms with Gasteiger partial charge in [-0.05, 0) is 12.1 Å². The highest BCUT2D eigenvalue weighted by atomic mass is 19.4. The van der Waals surface area contributed by atoms with E-state index in [0.717, 1.165) is 22.9 Å². The molecule has 2 aromatic heterocycles. The second-order valence-electron chi connectivity index (χ2n) is 6.97. The molecule has 4 rings (SSSR count). The average Bonchev–Trinajstić information content (AvgIpc) is 3.26. The van der Waals surface area contributed by atoms with Crippen LogP contribution >= 0.6 is 0 Å². The number of fused-ring (bicyclic) bond motifs is 1. The van der Waals surface area contributed by atoms with Crippen LogP contribution < -0.4 is 16.0 Å². The van der Waals surface area contributed by atoms with Gasteiger partial charge in [0.05, 0.1) is 18.5 Å². The predicted octanol–water partition coefficient (Wildman–Crippen LogP) is -0.290. The second-order valence-corrected chi connectivity index (χ2v) is 6.97. The van der Waals surface area contributed by atoms with Gasteiger partial charge in [-0.2, -0.15) is 0 Å². The fourth-order valence-corrected chi connectivity index (χ4v) is 3.47. The van der Waals surface area contributed by atoms with Crippen LogP contribution in [0.5, 0.6) is 5.75 Å². The maximum Gasteiger partial charge on any atom is 0.573 e.